The highest BCUT2D eigenvalue weighted by Crippen LogP contribution is 2.28. The van der Waals surface area contributed by atoms with Gasteiger partial charge in [-0.15, -0.1) is 12.4 Å². The van der Waals surface area contributed by atoms with Gasteiger partial charge < -0.3 is 9.72 Å². The van der Waals surface area contributed by atoms with E-state index in [1.807, 2.05) is 31.3 Å². The Labute approximate surface area is 105 Å². The average Bonchev–Trinajstić information content (AvgIpc) is 2.68. The number of benzene rings is 1. The first-order valence-corrected chi connectivity index (χ1v) is 5.20. The van der Waals surface area contributed by atoms with Crippen LogP contribution in [0.5, 0.6) is 5.75 Å². The molecular formula is C13H13ClN2O. The molecular weight excluding hydrogens is 236 g/mol. The summed E-state index contributed by atoms with van der Waals surface area (Å²) in [6.07, 6.45) is 1.84. The zero-order valence-corrected chi connectivity index (χ0v) is 10.5. The Morgan fingerprint density at radius 2 is 2.00 bits per heavy atom. The molecule has 0 aliphatic heterocycles. The summed E-state index contributed by atoms with van der Waals surface area (Å²) in [5.41, 5.74) is 3.21. The summed E-state index contributed by atoms with van der Waals surface area (Å²) < 4.78 is 5.21. The molecule has 2 aromatic heterocycles. The lowest BCUT2D eigenvalue weighted by atomic mass is 10.1. The molecule has 1 aromatic carbocycles. The molecule has 3 nitrogen and oxygen atoms in total. The van der Waals surface area contributed by atoms with Crippen molar-refractivity contribution in [2.45, 2.75) is 6.92 Å². The number of hydrogen-bond donors (Lipinski definition) is 1. The van der Waals surface area contributed by atoms with Crippen molar-refractivity contribution in [1.29, 1.82) is 0 Å². The first-order valence-electron chi connectivity index (χ1n) is 5.20. The molecule has 3 aromatic rings. The van der Waals surface area contributed by atoms with Gasteiger partial charge >= 0.3 is 0 Å². The van der Waals surface area contributed by atoms with E-state index in [0.717, 1.165) is 22.5 Å². The number of ether oxygens (including phenoxy) is 1. The number of pyridine rings is 1. The van der Waals surface area contributed by atoms with E-state index >= 15 is 0 Å². The highest BCUT2D eigenvalue weighted by molar-refractivity contribution is 6.08. The van der Waals surface area contributed by atoms with E-state index in [-0.39, 0.29) is 12.4 Å². The monoisotopic (exact) mass is 248 g/mol. The number of methoxy groups -OCH3 is 1. The van der Waals surface area contributed by atoms with E-state index < -0.39 is 0 Å². The minimum Gasteiger partial charge on any atom is -0.497 e. The largest absolute Gasteiger partial charge is 0.497 e. The quantitative estimate of drug-likeness (QED) is 0.716. The highest BCUT2D eigenvalue weighted by atomic mass is 35.5. The first-order chi connectivity index (χ1) is 7.79. The molecule has 0 unspecified atom stereocenters. The highest BCUT2D eigenvalue weighted by Gasteiger charge is 2.06. The van der Waals surface area contributed by atoms with Gasteiger partial charge in [0.1, 0.15) is 5.75 Å². The SMILES string of the molecule is COc1ccc2c(c1)[nH]c1c(C)nccc12.Cl. The van der Waals surface area contributed by atoms with Crippen molar-refractivity contribution in [3.63, 3.8) is 0 Å². The van der Waals surface area contributed by atoms with Crippen LogP contribution in [0.3, 0.4) is 0 Å². The number of H-pyrrole nitrogens is 1. The van der Waals surface area contributed by atoms with E-state index in [1.54, 1.807) is 7.11 Å². The molecule has 0 saturated heterocycles. The molecule has 0 saturated carbocycles. The molecule has 0 aliphatic rings. The van der Waals surface area contributed by atoms with Crippen LogP contribution in [0.2, 0.25) is 0 Å². The zero-order valence-electron chi connectivity index (χ0n) is 9.65. The van der Waals surface area contributed by atoms with Crippen LogP contribution in [0.15, 0.2) is 30.5 Å². The third-order valence-corrected chi connectivity index (χ3v) is 2.92. The van der Waals surface area contributed by atoms with Crippen LogP contribution in [-0.4, -0.2) is 17.1 Å². The van der Waals surface area contributed by atoms with Gasteiger partial charge in [-0.25, -0.2) is 0 Å². The predicted molar refractivity (Wildman–Crippen MR) is 72.1 cm³/mol. The maximum Gasteiger partial charge on any atom is 0.120 e. The Bertz CT molecular complexity index is 676. The summed E-state index contributed by atoms with van der Waals surface area (Å²) in [7, 11) is 1.68. The Hall–Kier alpha value is -1.74. The number of nitrogens with one attached hydrogen (secondary N) is 1. The van der Waals surface area contributed by atoms with Gasteiger partial charge in [0.15, 0.2) is 0 Å². The summed E-state index contributed by atoms with van der Waals surface area (Å²) in [4.78, 5) is 7.66. The van der Waals surface area contributed by atoms with Crippen molar-refractivity contribution in [1.82, 2.24) is 9.97 Å². The Morgan fingerprint density at radius 1 is 1.18 bits per heavy atom. The van der Waals surface area contributed by atoms with Gasteiger partial charge in [-0.1, -0.05) is 0 Å². The summed E-state index contributed by atoms with van der Waals surface area (Å²) in [5, 5.41) is 2.42. The number of aromatic nitrogens is 2. The van der Waals surface area contributed by atoms with Crippen molar-refractivity contribution in [3.05, 3.63) is 36.2 Å². The molecule has 0 spiro atoms. The molecule has 0 bridgehead atoms. The van der Waals surface area contributed by atoms with E-state index in [2.05, 4.69) is 16.0 Å². The lowest BCUT2D eigenvalue weighted by Gasteiger charge is -1.98. The molecule has 0 amide bonds. The second-order valence-electron chi connectivity index (χ2n) is 3.86. The molecule has 2 heterocycles. The van der Waals surface area contributed by atoms with Crippen LogP contribution in [0.25, 0.3) is 21.8 Å². The van der Waals surface area contributed by atoms with Crippen molar-refractivity contribution in [2.24, 2.45) is 0 Å². The first kappa shape index (κ1) is 11.7. The van der Waals surface area contributed by atoms with Crippen LogP contribution >= 0.6 is 12.4 Å². The van der Waals surface area contributed by atoms with Crippen molar-refractivity contribution < 1.29 is 4.74 Å². The van der Waals surface area contributed by atoms with Gasteiger partial charge in [0.2, 0.25) is 0 Å². The number of rotatable bonds is 1. The lowest BCUT2D eigenvalue weighted by Crippen LogP contribution is -1.80. The normalized spacial score (nSPS) is 10.5. The third-order valence-electron chi connectivity index (χ3n) is 2.92. The second kappa shape index (κ2) is 4.26. The molecule has 17 heavy (non-hydrogen) atoms. The van der Waals surface area contributed by atoms with Gasteiger partial charge in [0.05, 0.1) is 23.8 Å². The van der Waals surface area contributed by atoms with Crippen LogP contribution in [-0.2, 0) is 0 Å². The van der Waals surface area contributed by atoms with Gasteiger partial charge in [0.25, 0.3) is 0 Å². The Kier molecular flexibility index (Phi) is 2.94. The number of nitrogens with zero attached hydrogens (tertiary/aromatic N) is 1. The molecule has 0 radical (unpaired) electrons. The summed E-state index contributed by atoms with van der Waals surface area (Å²) in [6, 6.07) is 8.10. The van der Waals surface area contributed by atoms with Gasteiger partial charge in [-0.3, -0.25) is 4.98 Å². The van der Waals surface area contributed by atoms with Crippen molar-refractivity contribution in [3.8, 4) is 5.75 Å². The van der Waals surface area contributed by atoms with Gasteiger partial charge in [0, 0.05) is 23.0 Å². The maximum atomic E-state index is 5.21. The second-order valence-corrected chi connectivity index (χ2v) is 3.86. The van der Waals surface area contributed by atoms with E-state index in [0.29, 0.717) is 0 Å². The van der Waals surface area contributed by atoms with Gasteiger partial charge in [-0.05, 0) is 25.1 Å². The van der Waals surface area contributed by atoms with Gasteiger partial charge in [-0.2, -0.15) is 0 Å². The summed E-state index contributed by atoms with van der Waals surface area (Å²) in [6.45, 7) is 2.01. The Balaban J connectivity index is 0.00000108. The fourth-order valence-corrected chi connectivity index (χ4v) is 2.07. The molecule has 3 rings (SSSR count). The summed E-state index contributed by atoms with van der Waals surface area (Å²) in [5.74, 6) is 0.865. The third kappa shape index (κ3) is 1.72. The number of halogens is 1. The minimum absolute atomic E-state index is 0. The maximum absolute atomic E-state index is 5.21. The van der Waals surface area contributed by atoms with E-state index in [4.69, 9.17) is 4.74 Å². The fourth-order valence-electron chi connectivity index (χ4n) is 2.07. The van der Waals surface area contributed by atoms with Crippen LogP contribution < -0.4 is 4.74 Å². The van der Waals surface area contributed by atoms with Crippen molar-refractivity contribution in [2.75, 3.05) is 7.11 Å². The number of hydrogen-bond acceptors (Lipinski definition) is 2. The lowest BCUT2D eigenvalue weighted by molar-refractivity contribution is 0.415. The molecule has 4 heteroatoms. The van der Waals surface area contributed by atoms with Crippen LogP contribution in [0.4, 0.5) is 0 Å². The minimum atomic E-state index is 0. The number of aromatic amines is 1. The van der Waals surface area contributed by atoms with Crippen LogP contribution in [0.1, 0.15) is 5.69 Å². The average molecular weight is 249 g/mol. The summed E-state index contributed by atoms with van der Waals surface area (Å²) >= 11 is 0. The predicted octanol–water partition coefficient (Wildman–Crippen LogP) is 3.45. The standard InChI is InChI=1S/C13H12N2O.ClH/c1-8-13-11(5-6-14-8)10-4-3-9(16-2)7-12(10)15-13;/h3-7,15H,1-2H3;1H. The molecule has 88 valence electrons. The molecule has 0 atom stereocenters. The van der Waals surface area contributed by atoms with Crippen LogP contribution in [0, 0.1) is 6.92 Å². The zero-order chi connectivity index (χ0) is 11.1. The fraction of sp³-hybridized carbons (Fsp3) is 0.154. The molecule has 0 fully saturated rings. The molecule has 1 N–H and O–H groups in total. The van der Waals surface area contributed by atoms with Crippen molar-refractivity contribution >= 4 is 34.2 Å². The number of aryl methyl sites for hydroxylation is 1. The smallest absolute Gasteiger partial charge is 0.120 e. The Morgan fingerprint density at radius 3 is 2.76 bits per heavy atom. The van der Waals surface area contributed by atoms with E-state index in [1.165, 1.54) is 10.8 Å². The molecule has 0 aliphatic carbocycles. The van der Waals surface area contributed by atoms with E-state index in [9.17, 15) is 0 Å². The number of fused-ring (bicyclic) bond motifs is 3. The topological polar surface area (TPSA) is 37.9 Å².